The fourth-order valence-electron chi connectivity index (χ4n) is 9.64. The molecule has 66 heavy (non-hydrogen) atoms. The van der Waals surface area contributed by atoms with Gasteiger partial charge in [0.15, 0.2) is 0 Å². The third kappa shape index (κ3) is 9.21. The van der Waals surface area contributed by atoms with E-state index >= 15 is 0 Å². The highest BCUT2D eigenvalue weighted by molar-refractivity contribution is 5.87. The zero-order chi connectivity index (χ0) is 47.9. The van der Waals surface area contributed by atoms with Gasteiger partial charge >= 0.3 is 0 Å². The van der Waals surface area contributed by atoms with E-state index in [0.717, 1.165) is 11.4 Å². The Morgan fingerprint density at radius 3 is 1.11 bits per heavy atom. The highest BCUT2D eigenvalue weighted by Gasteiger charge is 2.36. The quantitative estimate of drug-likeness (QED) is 0.161. The molecule has 1 heteroatoms. The van der Waals surface area contributed by atoms with Crippen LogP contribution >= 0.6 is 0 Å². The van der Waals surface area contributed by atoms with E-state index in [1.165, 1.54) is 89.1 Å². The number of rotatable bonds is 6. The van der Waals surface area contributed by atoms with Crippen LogP contribution < -0.4 is 4.90 Å². The second kappa shape index (κ2) is 16.3. The third-order valence-electron chi connectivity index (χ3n) is 14.1. The van der Waals surface area contributed by atoms with Crippen LogP contribution in [-0.2, 0) is 32.5 Å². The molecule has 0 radical (unpaired) electrons. The van der Waals surface area contributed by atoms with Crippen LogP contribution in [0.3, 0.4) is 0 Å². The lowest BCUT2D eigenvalue weighted by molar-refractivity contribution is 0.569. The van der Waals surface area contributed by atoms with E-state index in [0.29, 0.717) is 0 Å². The Kier molecular flexibility index (Phi) is 11.6. The summed E-state index contributed by atoms with van der Waals surface area (Å²) in [7, 11) is 0. The Hall–Kier alpha value is -5.66. The van der Waals surface area contributed by atoms with Crippen LogP contribution in [0.2, 0.25) is 0 Å². The fraction of sp³-hybridized carbons (Fsp3) is 0.354. The summed E-state index contributed by atoms with van der Waals surface area (Å²) < 4.78 is 0. The van der Waals surface area contributed by atoms with Crippen LogP contribution in [0.15, 0.2) is 146 Å². The van der Waals surface area contributed by atoms with E-state index in [2.05, 4.69) is 268 Å². The Labute approximate surface area is 399 Å². The van der Waals surface area contributed by atoms with Crippen LogP contribution in [0.1, 0.15) is 157 Å². The topological polar surface area (TPSA) is 3.24 Å². The van der Waals surface area contributed by atoms with E-state index in [1.807, 2.05) is 0 Å². The molecule has 0 unspecified atom stereocenters. The molecule has 1 nitrogen and oxygen atoms in total. The van der Waals surface area contributed by atoms with E-state index in [4.69, 9.17) is 0 Å². The van der Waals surface area contributed by atoms with E-state index < -0.39 is 0 Å². The van der Waals surface area contributed by atoms with Crippen molar-refractivity contribution in [3.05, 3.63) is 185 Å². The van der Waals surface area contributed by atoms with Crippen molar-refractivity contribution in [2.24, 2.45) is 0 Å². The van der Waals surface area contributed by atoms with Crippen molar-refractivity contribution in [2.45, 2.75) is 150 Å². The molecule has 1 aliphatic rings. The van der Waals surface area contributed by atoms with Gasteiger partial charge in [-0.1, -0.05) is 215 Å². The largest absolute Gasteiger partial charge is 0.310 e. The molecule has 0 bridgehead atoms. The maximum absolute atomic E-state index is 2.48. The summed E-state index contributed by atoms with van der Waals surface area (Å²) >= 11 is 0. The Morgan fingerprint density at radius 2 is 0.652 bits per heavy atom. The van der Waals surface area contributed by atoms with Crippen molar-refractivity contribution in [1.82, 2.24) is 0 Å². The van der Waals surface area contributed by atoms with Crippen molar-refractivity contribution in [1.29, 1.82) is 0 Å². The predicted molar refractivity (Wildman–Crippen MR) is 288 cm³/mol. The normalized spacial score (nSPS) is 14.0. The van der Waals surface area contributed by atoms with Gasteiger partial charge in [-0.25, -0.2) is 0 Å². The molecule has 8 rings (SSSR count). The molecule has 0 N–H and O–H groups in total. The van der Waals surface area contributed by atoms with Gasteiger partial charge < -0.3 is 4.90 Å². The standard InChI is InChI=1S/C65H75N/c1-60(2,3)48-31-42(29-44(33-48)46-35-50(62(7,8)9)39-51(36-46)63(10,11)12)43-30-45(34-49(32-43)61(4,5)6)47-37-52(64(13,14)15)40-55(38-47)66(53-23-19-18-20-24-53)54-27-28-57-56-25-21-22-26-58(56)65(16,17)59(57)41-54/h18-41H,1-17H3. The van der Waals surface area contributed by atoms with E-state index in [9.17, 15) is 0 Å². The van der Waals surface area contributed by atoms with Crippen molar-refractivity contribution >= 4 is 17.1 Å². The summed E-state index contributed by atoms with van der Waals surface area (Å²) in [5.41, 5.74) is 22.8. The van der Waals surface area contributed by atoms with Gasteiger partial charge in [-0.3, -0.25) is 0 Å². The number of anilines is 3. The van der Waals surface area contributed by atoms with Crippen LogP contribution in [0.25, 0.3) is 44.5 Å². The number of nitrogens with zero attached hydrogens (tertiary/aromatic N) is 1. The van der Waals surface area contributed by atoms with Gasteiger partial charge in [0.25, 0.3) is 0 Å². The summed E-state index contributed by atoms with van der Waals surface area (Å²) in [6, 6.07) is 56.3. The molecule has 0 aromatic heterocycles. The summed E-state index contributed by atoms with van der Waals surface area (Å²) in [5.74, 6) is 0. The highest BCUT2D eigenvalue weighted by Crippen LogP contribution is 2.51. The maximum Gasteiger partial charge on any atom is 0.0470 e. The van der Waals surface area contributed by atoms with E-state index in [1.54, 1.807) is 0 Å². The molecule has 7 aromatic rings. The monoisotopic (exact) mass is 870 g/mol. The average molecular weight is 870 g/mol. The van der Waals surface area contributed by atoms with Gasteiger partial charge in [-0.05, 0) is 159 Å². The first-order valence-electron chi connectivity index (χ1n) is 24.3. The number of benzene rings is 7. The smallest absolute Gasteiger partial charge is 0.0470 e. The van der Waals surface area contributed by atoms with Crippen molar-refractivity contribution < 1.29 is 0 Å². The number of hydrogen-bond donors (Lipinski definition) is 0. The minimum Gasteiger partial charge on any atom is -0.310 e. The van der Waals surface area contributed by atoms with Crippen LogP contribution in [0.5, 0.6) is 0 Å². The Morgan fingerprint density at radius 1 is 0.288 bits per heavy atom. The number of hydrogen-bond acceptors (Lipinski definition) is 1. The number of para-hydroxylation sites is 1. The molecule has 0 atom stereocenters. The maximum atomic E-state index is 2.48. The zero-order valence-electron chi connectivity index (χ0n) is 43.3. The van der Waals surface area contributed by atoms with Gasteiger partial charge in [0.1, 0.15) is 0 Å². The summed E-state index contributed by atoms with van der Waals surface area (Å²) in [6.07, 6.45) is 0. The molecule has 0 spiro atoms. The highest BCUT2D eigenvalue weighted by atomic mass is 15.1. The zero-order valence-corrected chi connectivity index (χ0v) is 43.3. The van der Waals surface area contributed by atoms with Gasteiger partial charge in [0, 0.05) is 22.5 Å². The molecule has 0 saturated carbocycles. The van der Waals surface area contributed by atoms with Gasteiger partial charge in [0.05, 0.1) is 0 Å². The lowest BCUT2D eigenvalue weighted by atomic mass is 9.77. The van der Waals surface area contributed by atoms with Crippen molar-refractivity contribution in [3.63, 3.8) is 0 Å². The molecule has 340 valence electrons. The molecule has 0 amide bonds. The van der Waals surface area contributed by atoms with Crippen molar-refractivity contribution in [3.8, 4) is 44.5 Å². The lowest BCUT2D eigenvalue weighted by Crippen LogP contribution is -2.17. The van der Waals surface area contributed by atoms with Crippen LogP contribution in [0, 0.1) is 0 Å². The first kappa shape index (κ1) is 46.9. The van der Waals surface area contributed by atoms with E-state index in [-0.39, 0.29) is 32.5 Å². The summed E-state index contributed by atoms with van der Waals surface area (Å²) in [6.45, 7) is 39.8. The average Bonchev–Trinajstić information content (AvgIpc) is 3.47. The lowest BCUT2D eigenvalue weighted by Gasteiger charge is -2.30. The minimum absolute atomic E-state index is 0.0238. The SMILES string of the molecule is CC(C)(C)c1cc(-c2cc(-c3cc(C(C)(C)C)cc(C(C)(C)C)c3)cc(C(C)(C)C)c2)cc(-c2cc(N(c3ccccc3)c3ccc4c(c3)C(C)(C)c3ccccc3-4)cc(C(C)(C)C)c2)c1. The second-order valence-electron chi connectivity index (χ2n) is 25.0. The minimum atomic E-state index is -0.110. The molecule has 1 aliphatic carbocycles. The van der Waals surface area contributed by atoms with Crippen molar-refractivity contribution in [2.75, 3.05) is 4.90 Å². The summed E-state index contributed by atoms with van der Waals surface area (Å²) in [4.78, 5) is 2.48. The summed E-state index contributed by atoms with van der Waals surface area (Å²) in [5, 5.41) is 0. The van der Waals surface area contributed by atoms with Crippen LogP contribution in [0.4, 0.5) is 17.1 Å². The molecule has 7 aromatic carbocycles. The molecular weight excluding hydrogens is 795 g/mol. The second-order valence-corrected chi connectivity index (χ2v) is 25.0. The molecule has 0 fully saturated rings. The first-order chi connectivity index (χ1) is 30.6. The first-order valence-corrected chi connectivity index (χ1v) is 24.3. The molecule has 0 aliphatic heterocycles. The predicted octanol–water partition coefficient (Wildman–Crippen LogP) is 19.0. The Bertz CT molecular complexity index is 2910. The van der Waals surface area contributed by atoms with Gasteiger partial charge in [-0.2, -0.15) is 0 Å². The third-order valence-corrected chi connectivity index (χ3v) is 14.1. The molecule has 0 heterocycles. The van der Waals surface area contributed by atoms with Crippen LogP contribution in [-0.4, -0.2) is 0 Å². The number of fused-ring (bicyclic) bond motifs is 3. The Balaban J connectivity index is 1.35. The molecular formula is C65H75N. The fourth-order valence-corrected chi connectivity index (χ4v) is 9.64. The molecule has 0 saturated heterocycles. The van der Waals surface area contributed by atoms with Gasteiger partial charge in [0.2, 0.25) is 0 Å². The van der Waals surface area contributed by atoms with Gasteiger partial charge in [-0.15, -0.1) is 0 Å².